The number of nitrogens with one attached hydrogen (secondary N) is 1. The number of benzene rings is 1. The minimum atomic E-state index is 0.281. The summed E-state index contributed by atoms with van der Waals surface area (Å²) in [6.07, 6.45) is 4.06. The molecule has 0 radical (unpaired) electrons. The van der Waals surface area contributed by atoms with Gasteiger partial charge in [0.15, 0.2) is 0 Å². The van der Waals surface area contributed by atoms with Crippen molar-refractivity contribution in [2.45, 2.75) is 45.2 Å². The number of likely N-dealkylation sites (tertiary alicyclic amines) is 1. The molecular formula is C17H25N3. The van der Waals surface area contributed by atoms with Gasteiger partial charge in [-0.15, -0.1) is 0 Å². The van der Waals surface area contributed by atoms with Crippen molar-refractivity contribution in [3.8, 4) is 6.07 Å². The molecule has 0 spiro atoms. The van der Waals surface area contributed by atoms with Crippen LogP contribution < -0.4 is 5.32 Å². The number of nitrogens with zero attached hydrogens (tertiary/aromatic N) is 2. The van der Waals surface area contributed by atoms with E-state index in [0.29, 0.717) is 6.04 Å². The summed E-state index contributed by atoms with van der Waals surface area (Å²) >= 11 is 0. The van der Waals surface area contributed by atoms with Gasteiger partial charge < -0.3 is 10.2 Å². The molecule has 1 aromatic rings. The number of hydrogen-bond acceptors (Lipinski definition) is 3. The first-order valence-electron chi connectivity index (χ1n) is 7.67. The first kappa shape index (κ1) is 15.0. The van der Waals surface area contributed by atoms with Gasteiger partial charge in [-0.2, -0.15) is 5.26 Å². The van der Waals surface area contributed by atoms with Crippen molar-refractivity contribution in [1.82, 2.24) is 10.2 Å². The van der Waals surface area contributed by atoms with Crippen molar-refractivity contribution in [2.24, 2.45) is 0 Å². The topological polar surface area (TPSA) is 39.1 Å². The SMILES string of the molecule is CC(CN1CCCCC1)NC(C)c1cccc(C#N)c1. The van der Waals surface area contributed by atoms with E-state index < -0.39 is 0 Å². The largest absolute Gasteiger partial charge is 0.306 e. The molecule has 0 saturated carbocycles. The van der Waals surface area contributed by atoms with Gasteiger partial charge in [0.05, 0.1) is 11.6 Å². The maximum atomic E-state index is 8.96. The Hall–Kier alpha value is -1.37. The van der Waals surface area contributed by atoms with Crippen molar-refractivity contribution in [1.29, 1.82) is 5.26 Å². The maximum absolute atomic E-state index is 8.96. The highest BCUT2D eigenvalue weighted by Crippen LogP contribution is 2.15. The third kappa shape index (κ3) is 4.33. The number of hydrogen-bond donors (Lipinski definition) is 1. The van der Waals surface area contributed by atoms with Crippen LogP contribution in [0.15, 0.2) is 24.3 Å². The molecule has 20 heavy (non-hydrogen) atoms. The molecule has 0 aromatic heterocycles. The second kappa shape index (κ2) is 7.42. The van der Waals surface area contributed by atoms with Gasteiger partial charge in [0.25, 0.3) is 0 Å². The molecule has 3 nitrogen and oxygen atoms in total. The molecule has 3 heteroatoms. The van der Waals surface area contributed by atoms with E-state index in [1.165, 1.54) is 37.9 Å². The average Bonchev–Trinajstić information content (AvgIpc) is 2.48. The molecule has 2 unspecified atom stereocenters. The lowest BCUT2D eigenvalue weighted by Crippen LogP contribution is -2.42. The van der Waals surface area contributed by atoms with Gasteiger partial charge in [-0.05, 0) is 57.5 Å². The van der Waals surface area contributed by atoms with Crippen LogP contribution >= 0.6 is 0 Å². The molecule has 1 heterocycles. The summed E-state index contributed by atoms with van der Waals surface area (Å²) in [5.41, 5.74) is 1.93. The normalized spacial score (nSPS) is 19.2. The highest BCUT2D eigenvalue weighted by atomic mass is 15.2. The Bertz CT molecular complexity index is 458. The summed E-state index contributed by atoms with van der Waals surface area (Å²) in [5.74, 6) is 0. The molecule has 1 aliphatic heterocycles. The summed E-state index contributed by atoms with van der Waals surface area (Å²) in [6, 6.07) is 10.8. The second-order valence-corrected chi connectivity index (χ2v) is 5.89. The van der Waals surface area contributed by atoms with Crippen molar-refractivity contribution in [3.63, 3.8) is 0 Å². The minimum absolute atomic E-state index is 0.281. The van der Waals surface area contributed by atoms with Crippen LogP contribution in [0.4, 0.5) is 0 Å². The van der Waals surface area contributed by atoms with E-state index in [-0.39, 0.29) is 6.04 Å². The highest BCUT2D eigenvalue weighted by Gasteiger charge is 2.15. The van der Waals surface area contributed by atoms with Crippen LogP contribution in [0, 0.1) is 11.3 Å². The Balaban J connectivity index is 1.86. The third-order valence-electron chi connectivity index (χ3n) is 4.03. The lowest BCUT2D eigenvalue weighted by atomic mass is 10.0. The Kier molecular flexibility index (Phi) is 5.58. The summed E-state index contributed by atoms with van der Waals surface area (Å²) in [6.45, 7) is 8.01. The fraction of sp³-hybridized carbons (Fsp3) is 0.588. The van der Waals surface area contributed by atoms with Crippen LogP contribution in [0.3, 0.4) is 0 Å². The molecule has 1 fully saturated rings. The Morgan fingerprint density at radius 2 is 2.00 bits per heavy atom. The van der Waals surface area contributed by atoms with Crippen LogP contribution in [0.5, 0.6) is 0 Å². The fourth-order valence-electron chi connectivity index (χ4n) is 2.98. The van der Waals surface area contributed by atoms with Gasteiger partial charge in [0.1, 0.15) is 0 Å². The van der Waals surface area contributed by atoms with E-state index in [9.17, 15) is 0 Å². The third-order valence-corrected chi connectivity index (χ3v) is 4.03. The Morgan fingerprint density at radius 3 is 2.70 bits per heavy atom. The van der Waals surface area contributed by atoms with E-state index >= 15 is 0 Å². The first-order valence-corrected chi connectivity index (χ1v) is 7.67. The summed E-state index contributed by atoms with van der Waals surface area (Å²) in [7, 11) is 0. The zero-order valence-corrected chi connectivity index (χ0v) is 12.6. The maximum Gasteiger partial charge on any atom is 0.0991 e. The van der Waals surface area contributed by atoms with Crippen LogP contribution in [0.25, 0.3) is 0 Å². The zero-order chi connectivity index (χ0) is 14.4. The van der Waals surface area contributed by atoms with Gasteiger partial charge in [-0.25, -0.2) is 0 Å². The first-order chi connectivity index (χ1) is 9.69. The van der Waals surface area contributed by atoms with Crippen molar-refractivity contribution < 1.29 is 0 Å². The molecule has 0 aliphatic carbocycles. The van der Waals surface area contributed by atoms with E-state index in [1.807, 2.05) is 18.2 Å². The monoisotopic (exact) mass is 271 g/mol. The van der Waals surface area contributed by atoms with Gasteiger partial charge in [-0.3, -0.25) is 0 Å². The number of nitriles is 1. The number of rotatable bonds is 5. The lowest BCUT2D eigenvalue weighted by molar-refractivity contribution is 0.205. The molecule has 0 amide bonds. The van der Waals surface area contributed by atoms with Crippen LogP contribution in [0.1, 0.15) is 50.3 Å². The van der Waals surface area contributed by atoms with Crippen LogP contribution in [0.2, 0.25) is 0 Å². The lowest BCUT2D eigenvalue weighted by Gasteiger charge is -2.30. The summed E-state index contributed by atoms with van der Waals surface area (Å²) in [5, 5.41) is 12.6. The molecule has 2 rings (SSSR count). The van der Waals surface area contributed by atoms with Gasteiger partial charge >= 0.3 is 0 Å². The average molecular weight is 271 g/mol. The Labute approximate surface area is 122 Å². The quantitative estimate of drug-likeness (QED) is 0.894. The van der Waals surface area contributed by atoms with E-state index in [1.54, 1.807) is 0 Å². The molecule has 108 valence electrons. The molecule has 1 aromatic carbocycles. The fourth-order valence-corrected chi connectivity index (χ4v) is 2.98. The zero-order valence-electron chi connectivity index (χ0n) is 12.6. The van der Waals surface area contributed by atoms with Crippen LogP contribution in [-0.4, -0.2) is 30.6 Å². The molecular weight excluding hydrogens is 246 g/mol. The summed E-state index contributed by atoms with van der Waals surface area (Å²) < 4.78 is 0. The van der Waals surface area contributed by atoms with E-state index in [4.69, 9.17) is 5.26 Å². The molecule has 1 N–H and O–H groups in total. The van der Waals surface area contributed by atoms with Gasteiger partial charge in [0.2, 0.25) is 0 Å². The van der Waals surface area contributed by atoms with Crippen molar-refractivity contribution >= 4 is 0 Å². The summed E-state index contributed by atoms with van der Waals surface area (Å²) in [4.78, 5) is 2.56. The van der Waals surface area contributed by atoms with Crippen molar-refractivity contribution in [3.05, 3.63) is 35.4 Å². The highest BCUT2D eigenvalue weighted by molar-refractivity contribution is 5.34. The minimum Gasteiger partial charge on any atom is -0.306 e. The van der Waals surface area contributed by atoms with Crippen LogP contribution in [-0.2, 0) is 0 Å². The second-order valence-electron chi connectivity index (χ2n) is 5.89. The van der Waals surface area contributed by atoms with E-state index in [0.717, 1.165) is 12.1 Å². The van der Waals surface area contributed by atoms with Crippen molar-refractivity contribution in [2.75, 3.05) is 19.6 Å². The standard InChI is InChI=1S/C17H25N3/c1-14(13-20-9-4-3-5-10-20)19-15(2)17-8-6-7-16(11-17)12-18/h6-8,11,14-15,19H,3-5,9-10,13H2,1-2H3. The van der Waals surface area contributed by atoms with E-state index in [2.05, 4.69) is 36.2 Å². The smallest absolute Gasteiger partial charge is 0.0991 e. The molecule has 1 saturated heterocycles. The predicted octanol–water partition coefficient (Wildman–Crippen LogP) is 3.08. The molecule has 1 aliphatic rings. The van der Waals surface area contributed by atoms with Gasteiger partial charge in [0, 0.05) is 18.6 Å². The molecule has 2 atom stereocenters. The Morgan fingerprint density at radius 1 is 1.25 bits per heavy atom. The van der Waals surface area contributed by atoms with Gasteiger partial charge in [-0.1, -0.05) is 18.6 Å². The predicted molar refractivity (Wildman–Crippen MR) is 82.5 cm³/mol. The molecule has 0 bridgehead atoms. The number of piperidine rings is 1.